The number of unbranched alkanes of at least 4 members (excludes halogenated alkanes) is 1. The van der Waals surface area contributed by atoms with Gasteiger partial charge in [-0.3, -0.25) is 0 Å². The Morgan fingerprint density at radius 2 is 2.25 bits per heavy atom. The van der Waals surface area contributed by atoms with Crippen molar-refractivity contribution in [1.29, 1.82) is 0 Å². The van der Waals surface area contributed by atoms with E-state index < -0.39 is 0 Å². The van der Waals surface area contributed by atoms with Crippen LogP contribution in [0.15, 0.2) is 10.6 Å². The molecule has 1 aliphatic rings. The van der Waals surface area contributed by atoms with Gasteiger partial charge in [-0.05, 0) is 26.2 Å². The lowest BCUT2D eigenvalue weighted by molar-refractivity contribution is 0.331. The Kier molecular flexibility index (Phi) is 5.12. The molecule has 1 fully saturated rings. The molecule has 1 atom stereocenters. The lowest BCUT2D eigenvalue weighted by Crippen LogP contribution is -2.35. The van der Waals surface area contributed by atoms with Crippen molar-refractivity contribution in [3.8, 4) is 0 Å². The maximum Gasteiger partial charge on any atom is 0.231 e. The SMILES string of the molecule is CCCCNc1cc(N2CCC[C@@H](c3nc(C)no3)C2)nc(N)n1. The number of anilines is 3. The molecule has 1 saturated heterocycles. The summed E-state index contributed by atoms with van der Waals surface area (Å²) < 4.78 is 5.34. The standard InChI is InChI=1S/C16H25N7O/c1-3-4-7-18-13-9-14(21-16(17)20-13)23-8-5-6-12(10-23)15-19-11(2)22-24-15/h9,12H,3-8,10H2,1-2H3,(H3,17,18,20,21)/t12-/m1/s1. The van der Waals surface area contributed by atoms with Crippen LogP contribution in [0, 0.1) is 6.92 Å². The van der Waals surface area contributed by atoms with Gasteiger partial charge in [-0.2, -0.15) is 15.0 Å². The zero-order valence-electron chi connectivity index (χ0n) is 14.3. The Morgan fingerprint density at radius 3 is 3.00 bits per heavy atom. The minimum absolute atomic E-state index is 0.229. The van der Waals surface area contributed by atoms with Gasteiger partial charge in [0, 0.05) is 25.7 Å². The van der Waals surface area contributed by atoms with Crippen molar-refractivity contribution in [2.24, 2.45) is 0 Å². The summed E-state index contributed by atoms with van der Waals surface area (Å²) in [5.74, 6) is 3.54. The van der Waals surface area contributed by atoms with Crippen molar-refractivity contribution in [3.63, 3.8) is 0 Å². The van der Waals surface area contributed by atoms with Crippen LogP contribution in [0.4, 0.5) is 17.6 Å². The monoisotopic (exact) mass is 331 g/mol. The molecule has 0 saturated carbocycles. The molecule has 0 aliphatic carbocycles. The molecule has 0 aromatic carbocycles. The van der Waals surface area contributed by atoms with Gasteiger partial charge in [0.25, 0.3) is 0 Å². The van der Waals surface area contributed by atoms with Gasteiger partial charge in [-0.1, -0.05) is 18.5 Å². The molecule has 2 aromatic heterocycles. The van der Waals surface area contributed by atoms with Gasteiger partial charge in [0.2, 0.25) is 11.8 Å². The van der Waals surface area contributed by atoms with Crippen LogP contribution in [0.25, 0.3) is 0 Å². The summed E-state index contributed by atoms with van der Waals surface area (Å²) >= 11 is 0. The number of nitrogen functional groups attached to an aromatic ring is 1. The summed E-state index contributed by atoms with van der Waals surface area (Å²) in [7, 11) is 0. The third-order valence-corrected chi connectivity index (χ3v) is 4.20. The van der Waals surface area contributed by atoms with E-state index in [1.807, 2.05) is 13.0 Å². The number of nitrogens with two attached hydrogens (primary N) is 1. The Morgan fingerprint density at radius 1 is 1.38 bits per heavy atom. The molecule has 0 unspecified atom stereocenters. The zero-order chi connectivity index (χ0) is 16.9. The van der Waals surface area contributed by atoms with Gasteiger partial charge in [-0.25, -0.2) is 0 Å². The van der Waals surface area contributed by atoms with E-state index >= 15 is 0 Å². The number of piperidine rings is 1. The average Bonchev–Trinajstić information content (AvgIpc) is 3.01. The van der Waals surface area contributed by atoms with E-state index in [0.29, 0.717) is 17.7 Å². The van der Waals surface area contributed by atoms with Crippen molar-refractivity contribution >= 4 is 17.6 Å². The van der Waals surface area contributed by atoms with Crippen LogP contribution < -0.4 is 16.0 Å². The summed E-state index contributed by atoms with van der Waals surface area (Å²) in [6.07, 6.45) is 4.33. The lowest BCUT2D eigenvalue weighted by atomic mass is 9.98. The fourth-order valence-electron chi connectivity index (χ4n) is 2.96. The van der Waals surface area contributed by atoms with E-state index in [4.69, 9.17) is 10.3 Å². The second-order valence-corrected chi connectivity index (χ2v) is 6.21. The van der Waals surface area contributed by atoms with E-state index in [-0.39, 0.29) is 5.92 Å². The van der Waals surface area contributed by atoms with Crippen LogP contribution in [0.2, 0.25) is 0 Å². The van der Waals surface area contributed by atoms with E-state index in [1.54, 1.807) is 0 Å². The molecule has 24 heavy (non-hydrogen) atoms. The first-order chi connectivity index (χ1) is 11.7. The number of hydrogen-bond donors (Lipinski definition) is 2. The van der Waals surface area contributed by atoms with Gasteiger partial charge in [0.15, 0.2) is 5.82 Å². The molecular weight excluding hydrogens is 306 g/mol. The van der Waals surface area contributed by atoms with Crippen LogP contribution in [0.3, 0.4) is 0 Å². The molecule has 3 heterocycles. The first kappa shape index (κ1) is 16.5. The van der Waals surface area contributed by atoms with Crippen LogP contribution in [0.1, 0.15) is 50.2 Å². The molecular formula is C16H25N7O. The van der Waals surface area contributed by atoms with Crippen molar-refractivity contribution in [2.75, 3.05) is 35.6 Å². The molecule has 130 valence electrons. The quantitative estimate of drug-likeness (QED) is 0.777. The fourth-order valence-corrected chi connectivity index (χ4v) is 2.96. The molecule has 8 nitrogen and oxygen atoms in total. The van der Waals surface area contributed by atoms with Crippen LogP contribution in [0.5, 0.6) is 0 Å². The summed E-state index contributed by atoms with van der Waals surface area (Å²) in [6.45, 7) is 6.62. The minimum Gasteiger partial charge on any atom is -0.370 e. The first-order valence-corrected chi connectivity index (χ1v) is 8.59. The fraction of sp³-hybridized carbons (Fsp3) is 0.625. The highest BCUT2D eigenvalue weighted by Gasteiger charge is 2.26. The average molecular weight is 331 g/mol. The maximum atomic E-state index is 5.89. The molecule has 0 spiro atoms. The highest BCUT2D eigenvalue weighted by molar-refractivity contribution is 5.53. The number of aryl methyl sites for hydroxylation is 1. The van der Waals surface area contributed by atoms with E-state index in [9.17, 15) is 0 Å². The Bertz CT molecular complexity index is 672. The molecule has 0 radical (unpaired) electrons. The Balaban J connectivity index is 1.72. The maximum absolute atomic E-state index is 5.89. The highest BCUT2D eigenvalue weighted by atomic mass is 16.5. The number of aromatic nitrogens is 4. The summed E-state index contributed by atoms with van der Waals surface area (Å²) in [6, 6.07) is 1.97. The first-order valence-electron chi connectivity index (χ1n) is 8.59. The summed E-state index contributed by atoms with van der Waals surface area (Å²) in [4.78, 5) is 15.3. The summed E-state index contributed by atoms with van der Waals surface area (Å²) in [5.41, 5.74) is 5.89. The van der Waals surface area contributed by atoms with Crippen LogP contribution in [-0.4, -0.2) is 39.7 Å². The van der Waals surface area contributed by atoms with Crippen molar-refractivity contribution in [2.45, 2.75) is 45.4 Å². The van der Waals surface area contributed by atoms with Crippen molar-refractivity contribution in [1.82, 2.24) is 20.1 Å². The smallest absolute Gasteiger partial charge is 0.231 e. The predicted octanol–water partition coefficient (Wildman–Crippen LogP) is 2.35. The topological polar surface area (TPSA) is 106 Å². The van der Waals surface area contributed by atoms with Gasteiger partial charge in [0.05, 0.1) is 5.92 Å². The second-order valence-electron chi connectivity index (χ2n) is 6.21. The number of nitrogens with zero attached hydrogens (tertiary/aromatic N) is 5. The zero-order valence-corrected chi connectivity index (χ0v) is 14.3. The third-order valence-electron chi connectivity index (χ3n) is 4.20. The molecule has 3 N–H and O–H groups in total. The number of hydrogen-bond acceptors (Lipinski definition) is 8. The second kappa shape index (κ2) is 7.46. The largest absolute Gasteiger partial charge is 0.370 e. The molecule has 8 heteroatoms. The molecule has 1 aliphatic heterocycles. The predicted molar refractivity (Wildman–Crippen MR) is 93.1 cm³/mol. The van der Waals surface area contributed by atoms with E-state index in [2.05, 4.69) is 37.2 Å². The van der Waals surface area contributed by atoms with Gasteiger partial charge in [0.1, 0.15) is 11.6 Å². The molecule has 2 aromatic rings. The highest BCUT2D eigenvalue weighted by Crippen LogP contribution is 2.29. The normalized spacial score (nSPS) is 17.9. The van der Waals surface area contributed by atoms with Gasteiger partial charge >= 0.3 is 0 Å². The van der Waals surface area contributed by atoms with Crippen LogP contribution in [-0.2, 0) is 0 Å². The van der Waals surface area contributed by atoms with Crippen molar-refractivity contribution < 1.29 is 4.52 Å². The molecule has 0 amide bonds. The van der Waals surface area contributed by atoms with E-state index in [0.717, 1.165) is 57.0 Å². The number of rotatable bonds is 6. The van der Waals surface area contributed by atoms with Gasteiger partial charge < -0.3 is 20.5 Å². The van der Waals surface area contributed by atoms with Gasteiger partial charge in [-0.15, -0.1) is 0 Å². The Hall–Kier alpha value is -2.38. The van der Waals surface area contributed by atoms with Crippen LogP contribution >= 0.6 is 0 Å². The summed E-state index contributed by atoms with van der Waals surface area (Å²) in [5, 5.41) is 7.21. The van der Waals surface area contributed by atoms with Crippen molar-refractivity contribution in [3.05, 3.63) is 17.8 Å². The lowest BCUT2D eigenvalue weighted by Gasteiger charge is -2.32. The van der Waals surface area contributed by atoms with E-state index in [1.165, 1.54) is 0 Å². The molecule has 3 rings (SSSR count). The third kappa shape index (κ3) is 3.93. The molecule has 0 bridgehead atoms. The minimum atomic E-state index is 0.229. The Labute approximate surface area is 141 Å². The number of nitrogens with one attached hydrogen (secondary N) is 1.